The van der Waals surface area contributed by atoms with Crippen LogP contribution in [-0.2, 0) is 12.8 Å². The van der Waals surface area contributed by atoms with Gasteiger partial charge in [-0.05, 0) is 60.4 Å². The molecule has 0 saturated carbocycles. The van der Waals surface area contributed by atoms with E-state index in [-0.39, 0.29) is 11.6 Å². The van der Waals surface area contributed by atoms with Gasteiger partial charge in [0.15, 0.2) is 5.96 Å². The van der Waals surface area contributed by atoms with E-state index in [1.54, 1.807) is 18.2 Å². The van der Waals surface area contributed by atoms with Gasteiger partial charge in [0, 0.05) is 35.9 Å². The number of fused-ring (bicyclic) bond motifs is 3. The molecule has 0 radical (unpaired) electrons. The van der Waals surface area contributed by atoms with Gasteiger partial charge in [-0.25, -0.2) is 9.79 Å². The van der Waals surface area contributed by atoms with Gasteiger partial charge in [-0.3, -0.25) is 5.41 Å². The molecular formula is C27H26N6O2. The van der Waals surface area contributed by atoms with Crippen molar-refractivity contribution in [1.29, 1.82) is 5.41 Å². The van der Waals surface area contributed by atoms with E-state index in [2.05, 4.69) is 23.2 Å². The predicted molar refractivity (Wildman–Crippen MR) is 141 cm³/mol. The van der Waals surface area contributed by atoms with Gasteiger partial charge < -0.3 is 25.7 Å². The molecule has 8 nitrogen and oxygen atoms in total. The molecule has 3 heterocycles. The average Bonchev–Trinajstić information content (AvgIpc) is 3.49. The van der Waals surface area contributed by atoms with Crippen LogP contribution in [0.15, 0.2) is 93.1 Å². The lowest BCUT2D eigenvalue weighted by Crippen LogP contribution is -2.35. The van der Waals surface area contributed by atoms with Gasteiger partial charge in [0.1, 0.15) is 5.58 Å². The van der Waals surface area contributed by atoms with Crippen molar-refractivity contribution in [3.05, 3.63) is 100 Å². The highest BCUT2D eigenvalue weighted by atomic mass is 16.4. The third-order valence-corrected chi connectivity index (χ3v) is 6.19. The summed E-state index contributed by atoms with van der Waals surface area (Å²) >= 11 is 0. The van der Waals surface area contributed by atoms with Crippen molar-refractivity contribution in [2.24, 2.45) is 16.5 Å². The van der Waals surface area contributed by atoms with E-state index in [0.29, 0.717) is 11.5 Å². The summed E-state index contributed by atoms with van der Waals surface area (Å²) in [5, 5.41) is 8.15. The van der Waals surface area contributed by atoms with Crippen molar-refractivity contribution in [2.75, 3.05) is 22.9 Å². The zero-order valence-corrected chi connectivity index (χ0v) is 19.1. The Kier molecular flexibility index (Phi) is 5.93. The number of nitrogens with one attached hydrogen (secondary N) is 1. The molecule has 0 saturated heterocycles. The molecular weight excluding hydrogens is 440 g/mol. The summed E-state index contributed by atoms with van der Waals surface area (Å²) in [6.45, 7) is 1.67. The van der Waals surface area contributed by atoms with E-state index in [4.69, 9.17) is 21.3 Å². The number of benzene rings is 3. The Balaban J connectivity index is 0.000000178. The number of nitrogens with zero attached hydrogens (tertiary/aromatic N) is 3. The van der Waals surface area contributed by atoms with Crippen LogP contribution < -0.4 is 26.9 Å². The minimum atomic E-state index is -0.359. The van der Waals surface area contributed by atoms with Crippen LogP contribution in [0, 0.1) is 5.41 Å². The Morgan fingerprint density at radius 3 is 2.14 bits per heavy atom. The molecule has 3 aromatic carbocycles. The van der Waals surface area contributed by atoms with E-state index < -0.39 is 0 Å². The van der Waals surface area contributed by atoms with E-state index >= 15 is 0 Å². The molecule has 2 aliphatic rings. The molecule has 35 heavy (non-hydrogen) atoms. The van der Waals surface area contributed by atoms with E-state index in [0.717, 1.165) is 48.4 Å². The summed E-state index contributed by atoms with van der Waals surface area (Å²) in [6.07, 6.45) is 1.96. The first-order valence-electron chi connectivity index (χ1n) is 11.4. The monoisotopic (exact) mass is 466 g/mol. The topological polar surface area (TPSA) is 125 Å². The van der Waals surface area contributed by atoms with Crippen molar-refractivity contribution < 1.29 is 4.42 Å². The van der Waals surface area contributed by atoms with Crippen LogP contribution in [0.4, 0.5) is 17.1 Å². The average molecular weight is 467 g/mol. The van der Waals surface area contributed by atoms with Gasteiger partial charge in [0.2, 0.25) is 5.96 Å². The van der Waals surface area contributed by atoms with Crippen molar-refractivity contribution >= 4 is 40.0 Å². The van der Waals surface area contributed by atoms with Crippen LogP contribution in [0.25, 0.3) is 11.0 Å². The molecule has 8 heteroatoms. The smallest absolute Gasteiger partial charge is 0.336 e. The van der Waals surface area contributed by atoms with Crippen molar-refractivity contribution in [3.8, 4) is 0 Å². The minimum absolute atomic E-state index is 0.139. The zero-order chi connectivity index (χ0) is 24.4. The van der Waals surface area contributed by atoms with Gasteiger partial charge in [0.05, 0.1) is 5.69 Å². The largest absolute Gasteiger partial charge is 0.423 e. The highest BCUT2D eigenvalue weighted by molar-refractivity contribution is 5.98. The summed E-state index contributed by atoms with van der Waals surface area (Å²) in [4.78, 5) is 19.6. The third-order valence-electron chi connectivity index (χ3n) is 6.19. The second-order valence-electron chi connectivity index (χ2n) is 8.39. The molecule has 5 N–H and O–H groups in total. The Morgan fingerprint density at radius 2 is 1.46 bits per heavy atom. The molecule has 0 atom stereocenters. The fraction of sp³-hybridized carbons (Fsp3) is 0.148. The molecule has 0 spiro atoms. The first-order chi connectivity index (χ1) is 17.0. The Hall–Kier alpha value is -4.59. The number of nitrogens with two attached hydrogens (primary N) is 2. The maximum atomic E-state index is 11.2. The van der Waals surface area contributed by atoms with Crippen molar-refractivity contribution in [1.82, 2.24) is 0 Å². The summed E-state index contributed by atoms with van der Waals surface area (Å²) in [5.41, 5.74) is 17.3. The van der Waals surface area contributed by atoms with Crippen LogP contribution in [0.3, 0.4) is 0 Å². The second-order valence-corrected chi connectivity index (χ2v) is 8.39. The number of hydrogen-bond donors (Lipinski definition) is 3. The number of guanidine groups is 2. The summed E-state index contributed by atoms with van der Waals surface area (Å²) in [5.74, 6) is 0.603. The Morgan fingerprint density at radius 1 is 0.829 bits per heavy atom. The summed E-state index contributed by atoms with van der Waals surface area (Å²) in [7, 11) is 0. The maximum Gasteiger partial charge on any atom is 0.336 e. The molecule has 6 rings (SSSR count). The third kappa shape index (κ3) is 4.59. The molecule has 0 fully saturated rings. The summed E-state index contributed by atoms with van der Waals surface area (Å²) in [6, 6.07) is 24.8. The quantitative estimate of drug-likeness (QED) is 0.223. The number of para-hydroxylation sites is 2. The molecule has 4 aromatic rings. The highest BCUT2D eigenvalue weighted by Crippen LogP contribution is 2.28. The lowest BCUT2D eigenvalue weighted by Gasteiger charge is -2.18. The Labute approximate surface area is 202 Å². The maximum absolute atomic E-state index is 11.2. The molecule has 176 valence electrons. The van der Waals surface area contributed by atoms with E-state index in [1.807, 2.05) is 46.2 Å². The fourth-order valence-electron chi connectivity index (χ4n) is 4.49. The Bertz CT molecular complexity index is 1490. The molecule has 1 aromatic heterocycles. The zero-order valence-electron chi connectivity index (χ0n) is 19.1. The number of hydrogen-bond acceptors (Lipinski definition) is 4. The van der Waals surface area contributed by atoms with Gasteiger partial charge in [0.25, 0.3) is 0 Å². The highest BCUT2D eigenvalue weighted by Gasteiger charge is 2.21. The van der Waals surface area contributed by atoms with E-state index in [9.17, 15) is 4.79 Å². The fourth-order valence-corrected chi connectivity index (χ4v) is 4.49. The van der Waals surface area contributed by atoms with Gasteiger partial charge in [-0.15, -0.1) is 0 Å². The van der Waals surface area contributed by atoms with Crippen molar-refractivity contribution in [2.45, 2.75) is 12.8 Å². The first-order valence-corrected chi connectivity index (χ1v) is 11.4. The van der Waals surface area contributed by atoms with Gasteiger partial charge in [-0.2, -0.15) is 0 Å². The minimum Gasteiger partial charge on any atom is -0.423 e. The van der Waals surface area contributed by atoms with Crippen LogP contribution in [0.2, 0.25) is 0 Å². The van der Waals surface area contributed by atoms with E-state index in [1.165, 1.54) is 17.2 Å². The molecule has 0 amide bonds. The molecule has 0 bridgehead atoms. The van der Waals surface area contributed by atoms with Crippen LogP contribution in [-0.4, -0.2) is 25.0 Å². The van der Waals surface area contributed by atoms with Crippen LogP contribution >= 0.6 is 0 Å². The first kappa shape index (κ1) is 22.2. The van der Waals surface area contributed by atoms with Crippen LogP contribution in [0.5, 0.6) is 0 Å². The number of aliphatic imine (C=N–C) groups is 1. The number of rotatable bonds is 1. The molecule has 0 unspecified atom stereocenters. The normalized spacial score (nSPS) is 14.3. The molecule has 2 aliphatic heterocycles. The predicted octanol–water partition coefficient (Wildman–Crippen LogP) is 3.74. The standard InChI is InChI=1S/C18H15N3O2.C9H11N3/c19-18(21-10-9-12-3-1-2-4-15(12)21)20-14-6-7-16-13(11-14)5-8-17(22)23-16;10-9(11)12-6-5-7-3-1-2-4-8(7)12/h1-8,11H,9-10H2,(H2,19,20);1-4H,5-6H2,(H3,10,11). The lowest BCUT2D eigenvalue weighted by molar-refractivity contribution is 0.561. The number of anilines is 2. The molecule has 0 aliphatic carbocycles. The van der Waals surface area contributed by atoms with Gasteiger partial charge in [-0.1, -0.05) is 36.4 Å². The van der Waals surface area contributed by atoms with Gasteiger partial charge >= 0.3 is 5.63 Å². The SMILES string of the molecule is N=C(N)N1CCc2ccccc21.NC(=Nc1ccc2oc(=O)ccc2c1)N1CCc2ccccc21. The summed E-state index contributed by atoms with van der Waals surface area (Å²) < 4.78 is 5.12. The van der Waals surface area contributed by atoms with Crippen LogP contribution in [0.1, 0.15) is 11.1 Å². The lowest BCUT2D eigenvalue weighted by atomic mass is 10.2. The second kappa shape index (κ2) is 9.34. The van der Waals surface area contributed by atoms with Crippen molar-refractivity contribution in [3.63, 3.8) is 0 Å².